The zero-order valence-electron chi connectivity index (χ0n) is 12.2. The van der Waals surface area contributed by atoms with Crippen molar-refractivity contribution in [3.05, 3.63) is 39.3 Å². The Labute approximate surface area is 148 Å². The lowest BCUT2D eigenvalue weighted by atomic mass is 10.2. The molecule has 1 aliphatic rings. The Morgan fingerprint density at radius 3 is 3.04 bits per heavy atom. The third-order valence-electron chi connectivity index (χ3n) is 3.57. The second kappa shape index (κ2) is 7.15. The molecular weight excluding hydrogens is 357 g/mol. The monoisotopic (exact) mass is 371 g/mol. The second-order valence-electron chi connectivity index (χ2n) is 5.14. The fraction of sp³-hybridized carbons (Fsp3) is 0.333. The number of nitrogens with zero attached hydrogens (tertiary/aromatic N) is 2. The number of nitrogens with two attached hydrogens (primary N) is 1. The van der Waals surface area contributed by atoms with Gasteiger partial charge in [-0.25, -0.2) is 4.98 Å². The number of benzene rings is 1. The minimum absolute atomic E-state index is 0.112. The largest absolute Gasteiger partial charge is 0.373 e. The van der Waals surface area contributed by atoms with Crippen LogP contribution in [0.3, 0.4) is 0 Å². The predicted octanol–water partition coefficient (Wildman–Crippen LogP) is 2.92. The molecule has 1 aromatic heterocycles. The third kappa shape index (κ3) is 3.67. The highest BCUT2D eigenvalue weighted by atomic mass is 35.5. The molecule has 1 aromatic carbocycles. The maximum atomic E-state index is 12.6. The molecule has 3 rings (SSSR count). The molecule has 122 valence electrons. The van der Waals surface area contributed by atoms with Crippen LogP contribution in [0.5, 0.6) is 0 Å². The van der Waals surface area contributed by atoms with Gasteiger partial charge in [0.1, 0.15) is 10.7 Å². The summed E-state index contributed by atoms with van der Waals surface area (Å²) < 4.78 is 5.48. The van der Waals surface area contributed by atoms with Crippen molar-refractivity contribution in [1.29, 1.82) is 0 Å². The van der Waals surface area contributed by atoms with Crippen LogP contribution >= 0.6 is 34.5 Å². The van der Waals surface area contributed by atoms with E-state index in [2.05, 4.69) is 4.98 Å². The molecule has 1 atom stereocenters. The number of aromatic nitrogens is 1. The lowest BCUT2D eigenvalue weighted by molar-refractivity contribution is -0.0169. The first-order valence-electron chi connectivity index (χ1n) is 7.10. The maximum absolute atomic E-state index is 12.6. The summed E-state index contributed by atoms with van der Waals surface area (Å²) in [6, 6.07) is 5.21. The fourth-order valence-corrected chi connectivity index (χ4v) is 3.75. The lowest BCUT2D eigenvalue weighted by Gasteiger charge is -2.31. The molecule has 0 aliphatic carbocycles. The molecule has 2 N–H and O–H groups in total. The number of morpholine rings is 1. The highest BCUT2D eigenvalue weighted by Crippen LogP contribution is 2.32. The van der Waals surface area contributed by atoms with E-state index in [-0.39, 0.29) is 12.0 Å². The van der Waals surface area contributed by atoms with Gasteiger partial charge in [-0.2, -0.15) is 0 Å². The van der Waals surface area contributed by atoms with E-state index < -0.39 is 0 Å². The molecule has 2 heterocycles. The average molecular weight is 372 g/mol. The van der Waals surface area contributed by atoms with Gasteiger partial charge in [0.05, 0.1) is 17.7 Å². The first kappa shape index (κ1) is 16.7. The molecule has 0 radical (unpaired) electrons. The van der Waals surface area contributed by atoms with Gasteiger partial charge in [-0.3, -0.25) is 4.79 Å². The van der Waals surface area contributed by atoms with E-state index in [0.717, 1.165) is 5.56 Å². The highest BCUT2D eigenvalue weighted by Gasteiger charge is 2.26. The van der Waals surface area contributed by atoms with Gasteiger partial charge in [-0.05, 0) is 18.2 Å². The number of ether oxygens (including phenoxy) is 1. The smallest absolute Gasteiger partial charge is 0.273 e. The molecule has 1 amide bonds. The molecule has 23 heavy (non-hydrogen) atoms. The highest BCUT2D eigenvalue weighted by molar-refractivity contribution is 7.13. The third-order valence-corrected chi connectivity index (χ3v) is 5.00. The number of amides is 1. The molecule has 2 aromatic rings. The molecule has 0 saturated carbocycles. The average Bonchev–Trinajstić information content (AvgIpc) is 3.04. The Bertz CT molecular complexity index is 722. The molecule has 1 fully saturated rings. The molecule has 0 bridgehead atoms. The topological polar surface area (TPSA) is 68.5 Å². The van der Waals surface area contributed by atoms with Gasteiger partial charge in [0.15, 0.2) is 0 Å². The van der Waals surface area contributed by atoms with Gasteiger partial charge >= 0.3 is 0 Å². The molecule has 1 saturated heterocycles. The summed E-state index contributed by atoms with van der Waals surface area (Å²) >= 11 is 13.5. The van der Waals surface area contributed by atoms with Crippen molar-refractivity contribution >= 4 is 40.4 Å². The summed E-state index contributed by atoms with van der Waals surface area (Å²) in [5, 5.41) is 3.52. The Balaban J connectivity index is 1.80. The van der Waals surface area contributed by atoms with Crippen LogP contribution in [0, 0.1) is 0 Å². The van der Waals surface area contributed by atoms with E-state index in [4.69, 9.17) is 33.7 Å². The first-order valence-corrected chi connectivity index (χ1v) is 8.74. The number of carbonyl (C=O) groups excluding carboxylic acids is 1. The zero-order chi connectivity index (χ0) is 16.4. The second-order valence-corrected chi connectivity index (χ2v) is 6.84. The lowest BCUT2D eigenvalue weighted by Crippen LogP contribution is -2.48. The van der Waals surface area contributed by atoms with Crippen molar-refractivity contribution in [1.82, 2.24) is 9.88 Å². The van der Waals surface area contributed by atoms with E-state index in [9.17, 15) is 4.79 Å². The standard InChI is InChI=1S/C15H15Cl2N3O2S/c16-9-1-2-11(12(17)5-9)14-19-13(8-23-14)15(21)20-3-4-22-10(6-18)7-20/h1-2,5,8,10H,3-4,6-7,18H2. The van der Waals surface area contributed by atoms with Crippen molar-refractivity contribution in [3.63, 3.8) is 0 Å². The Kier molecular flexibility index (Phi) is 5.18. The van der Waals surface area contributed by atoms with Gasteiger partial charge in [0, 0.05) is 35.6 Å². The first-order chi connectivity index (χ1) is 11.1. The van der Waals surface area contributed by atoms with E-state index >= 15 is 0 Å². The predicted molar refractivity (Wildman–Crippen MR) is 92.3 cm³/mol. The number of hydrogen-bond donors (Lipinski definition) is 1. The van der Waals surface area contributed by atoms with Crippen molar-refractivity contribution in [2.45, 2.75) is 6.10 Å². The quantitative estimate of drug-likeness (QED) is 0.900. The SMILES string of the molecule is NCC1CN(C(=O)c2csc(-c3ccc(Cl)cc3Cl)n2)CCO1. The van der Waals surface area contributed by atoms with Gasteiger partial charge in [0.25, 0.3) is 5.91 Å². The summed E-state index contributed by atoms with van der Waals surface area (Å²) in [6.07, 6.45) is -0.114. The summed E-state index contributed by atoms with van der Waals surface area (Å²) in [7, 11) is 0. The van der Waals surface area contributed by atoms with E-state index in [1.807, 2.05) is 0 Å². The van der Waals surface area contributed by atoms with E-state index in [1.165, 1.54) is 11.3 Å². The number of rotatable bonds is 3. The molecular formula is C15H15Cl2N3O2S. The van der Waals surface area contributed by atoms with Crippen LogP contribution < -0.4 is 5.73 Å². The Morgan fingerprint density at radius 1 is 1.48 bits per heavy atom. The minimum atomic E-state index is -0.114. The van der Waals surface area contributed by atoms with Gasteiger partial charge in [0.2, 0.25) is 0 Å². The molecule has 1 unspecified atom stereocenters. The summed E-state index contributed by atoms with van der Waals surface area (Å²) in [4.78, 5) is 18.7. The Morgan fingerprint density at radius 2 is 2.30 bits per heavy atom. The number of carbonyl (C=O) groups is 1. The van der Waals surface area contributed by atoms with Crippen molar-refractivity contribution in [3.8, 4) is 10.6 Å². The molecule has 0 spiro atoms. The molecule has 1 aliphatic heterocycles. The van der Waals surface area contributed by atoms with Gasteiger partial charge in [-0.1, -0.05) is 23.2 Å². The number of halogens is 2. The van der Waals surface area contributed by atoms with E-state index in [0.29, 0.717) is 47.0 Å². The van der Waals surface area contributed by atoms with Crippen LogP contribution in [0.25, 0.3) is 10.6 Å². The normalized spacial score (nSPS) is 18.2. The van der Waals surface area contributed by atoms with Crippen LogP contribution in [0.15, 0.2) is 23.6 Å². The summed E-state index contributed by atoms with van der Waals surface area (Å²) in [6.45, 7) is 1.92. The fourth-order valence-electron chi connectivity index (χ4n) is 2.37. The number of hydrogen-bond acceptors (Lipinski definition) is 5. The Hall–Kier alpha value is -1.18. The van der Waals surface area contributed by atoms with Gasteiger partial charge in [-0.15, -0.1) is 11.3 Å². The summed E-state index contributed by atoms with van der Waals surface area (Å²) in [5.41, 5.74) is 6.79. The van der Waals surface area contributed by atoms with Crippen LogP contribution in [-0.2, 0) is 4.74 Å². The van der Waals surface area contributed by atoms with Crippen LogP contribution in [0.4, 0.5) is 0 Å². The van der Waals surface area contributed by atoms with Crippen molar-refractivity contribution in [2.24, 2.45) is 5.73 Å². The zero-order valence-corrected chi connectivity index (χ0v) is 14.5. The summed E-state index contributed by atoms with van der Waals surface area (Å²) in [5.74, 6) is -0.112. The van der Waals surface area contributed by atoms with Crippen LogP contribution in [0.2, 0.25) is 10.0 Å². The van der Waals surface area contributed by atoms with Crippen LogP contribution in [-0.4, -0.2) is 48.1 Å². The molecule has 5 nitrogen and oxygen atoms in total. The van der Waals surface area contributed by atoms with Crippen molar-refractivity contribution in [2.75, 3.05) is 26.2 Å². The van der Waals surface area contributed by atoms with Gasteiger partial charge < -0.3 is 15.4 Å². The van der Waals surface area contributed by atoms with Crippen molar-refractivity contribution < 1.29 is 9.53 Å². The maximum Gasteiger partial charge on any atom is 0.273 e. The molecule has 8 heteroatoms. The van der Waals surface area contributed by atoms with Crippen LogP contribution in [0.1, 0.15) is 10.5 Å². The minimum Gasteiger partial charge on any atom is -0.373 e. The number of thiazole rings is 1. The van der Waals surface area contributed by atoms with E-state index in [1.54, 1.807) is 28.5 Å².